The third-order valence-electron chi connectivity index (χ3n) is 4.40. The lowest BCUT2D eigenvalue weighted by Gasteiger charge is -2.30. The van der Waals surface area contributed by atoms with Crippen molar-refractivity contribution in [3.63, 3.8) is 0 Å². The molecule has 0 radical (unpaired) electrons. The summed E-state index contributed by atoms with van der Waals surface area (Å²) in [4.78, 5) is 14.6. The molecule has 0 aromatic heterocycles. The Morgan fingerprint density at radius 3 is 2.58 bits per heavy atom. The van der Waals surface area contributed by atoms with E-state index in [-0.39, 0.29) is 12.5 Å². The summed E-state index contributed by atoms with van der Waals surface area (Å²) in [5.41, 5.74) is 0.388. The molecule has 2 aliphatic rings. The number of likely N-dealkylation sites (tertiary alicyclic amines) is 1. The molecule has 1 aromatic rings. The van der Waals surface area contributed by atoms with E-state index in [1.54, 1.807) is 18.2 Å². The highest BCUT2D eigenvalue weighted by atomic mass is 35.5. The molecule has 2 heterocycles. The van der Waals surface area contributed by atoms with Gasteiger partial charge in [-0.25, -0.2) is 8.42 Å². The molecule has 1 atom stereocenters. The highest BCUT2D eigenvalue weighted by molar-refractivity contribution is 7.92. The molecule has 24 heavy (non-hydrogen) atoms. The zero-order chi connectivity index (χ0) is 17.3. The lowest BCUT2D eigenvalue weighted by atomic mass is 10.1. The zero-order valence-electron chi connectivity index (χ0n) is 13.6. The summed E-state index contributed by atoms with van der Waals surface area (Å²) in [5, 5.41) is 0.423. The fourth-order valence-corrected chi connectivity index (χ4v) is 4.29. The summed E-state index contributed by atoms with van der Waals surface area (Å²) in [7, 11) is -3.48. The van der Waals surface area contributed by atoms with Crippen molar-refractivity contribution in [3.8, 4) is 5.75 Å². The molecule has 0 spiro atoms. The number of sulfonamides is 1. The number of anilines is 1. The fourth-order valence-electron chi connectivity index (χ4n) is 3.19. The number of ether oxygens (including phenoxy) is 1. The highest BCUT2D eigenvalue weighted by Crippen LogP contribution is 2.36. The first-order chi connectivity index (χ1) is 11.4. The topological polar surface area (TPSA) is 66.9 Å². The van der Waals surface area contributed by atoms with E-state index in [1.807, 2.05) is 4.90 Å². The van der Waals surface area contributed by atoms with Gasteiger partial charge in [-0.1, -0.05) is 11.6 Å². The van der Waals surface area contributed by atoms with Gasteiger partial charge < -0.3 is 9.64 Å². The van der Waals surface area contributed by atoms with Crippen molar-refractivity contribution in [3.05, 3.63) is 23.2 Å². The minimum absolute atomic E-state index is 0.0639. The first-order valence-electron chi connectivity index (χ1n) is 8.09. The molecular formula is C16H21ClN2O4S. The van der Waals surface area contributed by atoms with E-state index in [2.05, 4.69) is 0 Å². The summed E-state index contributed by atoms with van der Waals surface area (Å²) < 4.78 is 31.4. The minimum Gasteiger partial charge on any atom is -0.478 e. The third kappa shape index (κ3) is 3.62. The normalized spacial score (nSPS) is 21.7. The fraction of sp³-hybridized carbons (Fsp3) is 0.562. The van der Waals surface area contributed by atoms with E-state index in [1.165, 1.54) is 4.31 Å². The lowest BCUT2D eigenvalue weighted by Crippen LogP contribution is -2.45. The van der Waals surface area contributed by atoms with Crippen molar-refractivity contribution in [2.45, 2.75) is 31.8 Å². The van der Waals surface area contributed by atoms with Crippen molar-refractivity contribution in [1.82, 2.24) is 4.90 Å². The van der Waals surface area contributed by atoms with E-state index < -0.39 is 16.1 Å². The van der Waals surface area contributed by atoms with E-state index in [9.17, 15) is 13.2 Å². The van der Waals surface area contributed by atoms with Gasteiger partial charge in [-0.15, -0.1) is 0 Å². The lowest BCUT2D eigenvalue weighted by molar-refractivity contribution is -0.139. The zero-order valence-corrected chi connectivity index (χ0v) is 15.1. The monoisotopic (exact) mass is 372 g/mol. The highest BCUT2D eigenvalue weighted by Gasteiger charge is 2.33. The Hall–Kier alpha value is -1.47. The number of nitrogens with zero attached hydrogens (tertiary/aromatic N) is 2. The molecule has 8 heteroatoms. The molecule has 3 rings (SSSR count). The minimum atomic E-state index is -3.48. The maximum absolute atomic E-state index is 12.7. The predicted molar refractivity (Wildman–Crippen MR) is 93.1 cm³/mol. The molecule has 6 nitrogen and oxygen atoms in total. The van der Waals surface area contributed by atoms with E-state index >= 15 is 0 Å². The maximum Gasteiger partial charge on any atom is 0.263 e. The predicted octanol–water partition coefficient (Wildman–Crippen LogP) is 2.27. The van der Waals surface area contributed by atoms with Crippen LogP contribution in [0.15, 0.2) is 18.2 Å². The van der Waals surface area contributed by atoms with Crippen LogP contribution < -0.4 is 9.04 Å². The second kappa shape index (κ2) is 6.80. The van der Waals surface area contributed by atoms with Crippen molar-refractivity contribution in [1.29, 1.82) is 0 Å². The van der Waals surface area contributed by atoms with Crippen LogP contribution in [0.1, 0.15) is 25.7 Å². The smallest absolute Gasteiger partial charge is 0.263 e. The largest absolute Gasteiger partial charge is 0.478 e. The van der Waals surface area contributed by atoms with E-state index in [0.717, 1.165) is 38.6 Å². The Balaban J connectivity index is 1.90. The number of carbonyl (C=O) groups excluding carboxylic acids is 1. The Bertz CT molecular complexity index is 732. The number of fused-ring (bicyclic) bond motifs is 1. The van der Waals surface area contributed by atoms with Crippen LogP contribution in [0.4, 0.5) is 5.69 Å². The second-order valence-electron chi connectivity index (χ2n) is 6.23. The molecule has 1 amide bonds. The quantitative estimate of drug-likeness (QED) is 0.798. The van der Waals surface area contributed by atoms with Crippen LogP contribution in [-0.4, -0.2) is 51.2 Å². The van der Waals surface area contributed by atoms with Crippen LogP contribution >= 0.6 is 11.6 Å². The average molecular weight is 373 g/mol. The van der Waals surface area contributed by atoms with Gasteiger partial charge in [0, 0.05) is 31.1 Å². The average Bonchev–Trinajstić information content (AvgIpc) is 2.74. The number of benzene rings is 1. The number of carbonyl (C=O) groups is 1. The van der Waals surface area contributed by atoms with Crippen LogP contribution in [0.2, 0.25) is 5.02 Å². The maximum atomic E-state index is 12.7. The molecule has 1 aromatic carbocycles. The summed E-state index contributed by atoms with van der Waals surface area (Å²) in [5.74, 6) is 0.309. The molecule has 1 fully saturated rings. The van der Waals surface area contributed by atoms with Crippen LogP contribution in [0.5, 0.6) is 5.75 Å². The van der Waals surface area contributed by atoms with E-state index in [4.69, 9.17) is 16.3 Å². The number of hydrogen-bond donors (Lipinski definition) is 0. The van der Waals surface area contributed by atoms with Gasteiger partial charge in [0.05, 0.1) is 11.9 Å². The summed E-state index contributed by atoms with van der Waals surface area (Å²) >= 11 is 6.01. The Morgan fingerprint density at radius 2 is 1.92 bits per heavy atom. The van der Waals surface area contributed by atoms with Crippen LogP contribution in [0, 0.1) is 0 Å². The molecule has 1 saturated heterocycles. The second-order valence-corrected chi connectivity index (χ2v) is 8.57. The van der Waals surface area contributed by atoms with Crippen molar-refractivity contribution in [2.24, 2.45) is 0 Å². The Labute approximate surface area is 147 Å². The molecule has 0 N–H and O–H groups in total. The van der Waals surface area contributed by atoms with Gasteiger partial charge >= 0.3 is 0 Å². The molecule has 0 aliphatic carbocycles. The van der Waals surface area contributed by atoms with Gasteiger partial charge in [0.25, 0.3) is 5.91 Å². The van der Waals surface area contributed by atoms with Crippen LogP contribution in [-0.2, 0) is 14.8 Å². The first-order valence-corrected chi connectivity index (χ1v) is 10.3. The van der Waals surface area contributed by atoms with Gasteiger partial charge in [0.1, 0.15) is 5.75 Å². The van der Waals surface area contributed by atoms with E-state index in [0.29, 0.717) is 22.9 Å². The Morgan fingerprint density at radius 1 is 1.21 bits per heavy atom. The number of hydrogen-bond acceptors (Lipinski definition) is 4. The van der Waals surface area contributed by atoms with Crippen molar-refractivity contribution in [2.75, 3.05) is 30.2 Å². The molecule has 0 saturated carbocycles. The molecule has 132 valence electrons. The number of rotatable bonds is 2. The number of halogens is 1. The van der Waals surface area contributed by atoms with Crippen LogP contribution in [0.3, 0.4) is 0 Å². The van der Waals surface area contributed by atoms with Gasteiger partial charge in [-0.3, -0.25) is 9.10 Å². The first kappa shape index (κ1) is 17.4. The standard InChI is InChI=1S/C16H21ClN2O4S/c1-24(21,22)19-10-7-15(16(20)18-8-3-2-4-9-18)23-14-6-5-12(17)11-13(14)19/h5-6,11,15H,2-4,7-10H2,1H3. The molecule has 1 unspecified atom stereocenters. The summed E-state index contributed by atoms with van der Waals surface area (Å²) in [6.07, 6.45) is 3.92. The van der Waals surface area contributed by atoms with Gasteiger partial charge in [0.15, 0.2) is 6.10 Å². The molecule has 2 aliphatic heterocycles. The number of piperidine rings is 1. The molecular weight excluding hydrogens is 352 g/mol. The SMILES string of the molecule is CS(=O)(=O)N1CCC(C(=O)N2CCCCC2)Oc2ccc(Cl)cc21. The molecule has 0 bridgehead atoms. The van der Waals surface area contributed by atoms with Crippen molar-refractivity contribution < 1.29 is 17.9 Å². The third-order valence-corrected chi connectivity index (χ3v) is 5.81. The van der Waals surface area contributed by atoms with Crippen LogP contribution in [0.25, 0.3) is 0 Å². The van der Waals surface area contributed by atoms with Crippen molar-refractivity contribution >= 4 is 33.2 Å². The van der Waals surface area contributed by atoms with Gasteiger partial charge in [-0.2, -0.15) is 0 Å². The summed E-state index contributed by atoms with van der Waals surface area (Å²) in [6, 6.07) is 4.82. The van der Waals surface area contributed by atoms with Gasteiger partial charge in [-0.05, 0) is 37.5 Å². The Kier molecular flexibility index (Phi) is 4.92. The van der Waals surface area contributed by atoms with Gasteiger partial charge in [0.2, 0.25) is 10.0 Å². The number of amides is 1. The summed E-state index contributed by atoms with van der Waals surface area (Å²) in [6.45, 7) is 1.67.